The van der Waals surface area contributed by atoms with Crippen molar-refractivity contribution in [1.82, 2.24) is 5.32 Å². The van der Waals surface area contributed by atoms with Gasteiger partial charge in [-0.2, -0.15) is 13.2 Å². The standard InChI is InChI=1S/C15H14F3NO2S/c16-15(17,18)12-5-1-2-6-13(12)21-10-14(20)19-8-7-11-4-3-9-22-11/h1-6,9H,7-8,10H2,(H,19,20). The maximum absolute atomic E-state index is 12.8. The highest BCUT2D eigenvalue weighted by Gasteiger charge is 2.34. The zero-order valence-electron chi connectivity index (χ0n) is 11.5. The fraction of sp³-hybridized carbons (Fsp3) is 0.267. The lowest BCUT2D eigenvalue weighted by atomic mass is 10.2. The molecule has 0 saturated carbocycles. The van der Waals surface area contributed by atoms with Gasteiger partial charge in [0.15, 0.2) is 6.61 Å². The van der Waals surface area contributed by atoms with E-state index in [-0.39, 0.29) is 5.75 Å². The molecule has 0 spiro atoms. The van der Waals surface area contributed by atoms with Crippen molar-refractivity contribution < 1.29 is 22.7 Å². The van der Waals surface area contributed by atoms with E-state index in [1.807, 2.05) is 17.5 Å². The Labute approximate surface area is 129 Å². The number of alkyl halides is 3. The van der Waals surface area contributed by atoms with E-state index in [0.29, 0.717) is 13.0 Å². The molecule has 0 aliphatic carbocycles. The third-order valence-electron chi connectivity index (χ3n) is 2.82. The summed E-state index contributed by atoms with van der Waals surface area (Å²) < 4.78 is 43.2. The van der Waals surface area contributed by atoms with Gasteiger partial charge in [0.2, 0.25) is 0 Å². The molecule has 7 heteroatoms. The van der Waals surface area contributed by atoms with E-state index in [1.54, 1.807) is 11.3 Å². The van der Waals surface area contributed by atoms with Crippen LogP contribution in [-0.2, 0) is 17.4 Å². The number of ether oxygens (including phenoxy) is 1. The fourth-order valence-electron chi connectivity index (χ4n) is 1.80. The van der Waals surface area contributed by atoms with Gasteiger partial charge in [0, 0.05) is 11.4 Å². The first-order valence-corrected chi connectivity index (χ1v) is 7.43. The average Bonchev–Trinajstić information content (AvgIpc) is 2.98. The molecule has 0 radical (unpaired) electrons. The first-order valence-electron chi connectivity index (χ1n) is 6.55. The van der Waals surface area contributed by atoms with E-state index in [2.05, 4.69) is 5.32 Å². The largest absolute Gasteiger partial charge is 0.483 e. The second kappa shape index (κ2) is 7.31. The Bertz CT molecular complexity index is 612. The molecule has 118 valence electrons. The molecule has 0 bridgehead atoms. The lowest BCUT2D eigenvalue weighted by Gasteiger charge is -2.13. The number of thiophene rings is 1. The fourth-order valence-corrected chi connectivity index (χ4v) is 2.51. The van der Waals surface area contributed by atoms with Crippen LogP contribution in [0.5, 0.6) is 5.75 Å². The number of hydrogen-bond acceptors (Lipinski definition) is 3. The van der Waals surface area contributed by atoms with Gasteiger partial charge < -0.3 is 10.1 Å². The Hall–Kier alpha value is -2.02. The lowest BCUT2D eigenvalue weighted by Crippen LogP contribution is -2.30. The minimum atomic E-state index is -4.51. The van der Waals surface area contributed by atoms with Crippen LogP contribution in [0.2, 0.25) is 0 Å². The molecular weight excluding hydrogens is 315 g/mol. The number of carbonyl (C=O) groups excluding carboxylic acids is 1. The molecule has 1 N–H and O–H groups in total. The van der Waals surface area contributed by atoms with Crippen LogP contribution in [0.3, 0.4) is 0 Å². The second-order valence-corrected chi connectivity index (χ2v) is 5.49. The normalized spacial score (nSPS) is 11.2. The zero-order chi connectivity index (χ0) is 16.0. The van der Waals surface area contributed by atoms with Crippen molar-refractivity contribution in [1.29, 1.82) is 0 Å². The number of benzene rings is 1. The minimum Gasteiger partial charge on any atom is -0.483 e. The van der Waals surface area contributed by atoms with Crippen molar-refractivity contribution in [2.45, 2.75) is 12.6 Å². The van der Waals surface area contributed by atoms with Crippen LogP contribution < -0.4 is 10.1 Å². The van der Waals surface area contributed by atoms with Gasteiger partial charge in [-0.1, -0.05) is 18.2 Å². The van der Waals surface area contributed by atoms with E-state index < -0.39 is 24.3 Å². The molecule has 1 heterocycles. The molecular formula is C15H14F3NO2S. The molecule has 1 aromatic carbocycles. The number of rotatable bonds is 6. The quantitative estimate of drug-likeness (QED) is 0.881. The summed E-state index contributed by atoms with van der Waals surface area (Å²) in [7, 11) is 0. The average molecular weight is 329 g/mol. The summed E-state index contributed by atoms with van der Waals surface area (Å²) in [5.41, 5.74) is -0.888. The molecule has 3 nitrogen and oxygen atoms in total. The Morgan fingerprint density at radius 3 is 2.64 bits per heavy atom. The molecule has 0 fully saturated rings. The highest BCUT2D eigenvalue weighted by atomic mass is 32.1. The smallest absolute Gasteiger partial charge is 0.419 e. The number of para-hydroxylation sites is 1. The summed E-state index contributed by atoms with van der Waals surface area (Å²) >= 11 is 1.58. The molecule has 0 saturated heterocycles. The van der Waals surface area contributed by atoms with Crippen molar-refractivity contribution in [2.75, 3.05) is 13.2 Å². The number of amides is 1. The van der Waals surface area contributed by atoms with Crippen LogP contribution in [0.15, 0.2) is 41.8 Å². The maximum atomic E-state index is 12.8. The van der Waals surface area contributed by atoms with Crippen LogP contribution in [0.25, 0.3) is 0 Å². The van der Waals surface area contributed by atoms with E-state index in [4.69, 9.17) is 4.74 Å². The van der Waals surface area contributed by atoms with E-state index in [1.165, 1.54) is 18.2 Å². The first-order chi connectivity index (χ1) is 10.5. The summed E-state index contributed by atoms with van der Waals surface area (Å²) in [6.07, 6.45) is -3.82. The van der Waals surface area contributed by atoms with Crippen LogP contribution >= 0.6 is 11.3 Å². The highest BCUT2D eigenvalue weighted by Crippen LogP contribution is 2.35. The summed E-state index contributed by atoms with van der Waals surface area (Å²) in [5, 5.41) is 4.55. The predicted octanol–water partition coefficient (Wildman–Crippen LogP) is 3.50. The van der Waals surface area contributed by atoms with Gasteiger partial charge in [-0.05, 0) is 30.0 Å². The second-order valence-electron chi connectivity index (χ2n) is 4.46. The molecule has 0 unspecified atom stereocenters. The number of nitrogens with one attached hydrogen (secondary N) is 1. The Morgan fingerprint density at radius 2 is 1.95 bits per heavy atom. The summed E-state index contributed by atoms with van der Waals surface area (Å²) in [6.45, 7) is -0.0266. The molecule has 0 aliphatic heterocycles. The first kappa shape index (κ1) is 16.4. The van der Waals surface area contributed by atoms with E-state index in [0.717, 1.165) is 10.9 Å². The third-order valence-corrected chi connectivity index (χ3v) is 3.76. The molecule has 0 atom stereocenters. The van der Waals surface area contributed by atoms with Crippen molar-refractivity contribution >= 4 is 17.2 Å². The minimum absolute atomic E-state index is 0.344. The Kier molecular flexibility index (Phi) is 5.43. The van der Waals surface area contributed by atoms with Crippen molar-refractivity contribution in [3.63, 3.8) is 0 Å². The number of halogens is 3. The predicted molar refractivity (Wildman–Crippen MR) is 78.0 cm³/mol. The van der Waals surface area contributed by atoms with Crippen molar-refractivity contribution in [2.24, 2.45) is 0 Å². The van der Waals surface area contributed by atoms with Crippen molar-refractivity contribution in [3.05, 3.63) is 52.2 Å². The molecule has 2 aromatic rings. The van der Waals surface area contributed by atoms with E-state index >= 15 is 0 Å². The van der Waals surface area contributed by atoms with Crippen LogP contribution in [-0.4, -0.2) is 19.1 Å². The van der Waals surface area contributed by atoms with Gasteiger partial charge in [-0.15, -0.1) is 11.3 Å². The maximum Gasteiger partial charge on any atom is 0.419 e. The molecule has 22 heavy (non-hydrogen) atoms. The monoisotopic (exact) mass is 329 g/mol. The van der Waals surface area contributed by atoms with Gasteiger partial charge in [0.25, 0.3) is 5.91 Å². The van der Waals surface area contributed by atoms with Gasteiger partial charge in [-0.25, -0.2) is 0 Å². The van der Waals surface area contributed by atoms with Crippen molar-refractivity contribution in [3.8, 4) is 5.75 Å². The van der Waals surface area contributed by atoms with Crippen LogP contribution in [0, 0.1) is 0 Å². The Morgan fingerprint density at radius 1 is 1.18 bits per heavy atom. The molecule has 1 amide bonds. The molecule has 0 aliphatic rings. The highest BCUT2D eigenvalue weighted by molar-refractivity contribution is 7.09. The zero-order valence-corrected chi connectivity index (χ0v) is 12.3. The summed E-state index contributed by atoms with van der Waals surface area (Å²) in [6, 6.07) is 8.69. The SMILES string of the molecule is O=C(COc1ccccc1C(F)(F)F)NCCc1cccs1. The van der Waals surface area contributed by atoms with Gasteiger partial charge in [0.1, 0.15) is 5.75 Å². The van der Waals surface area contributed by atoms with E-state index in [9.17, 15) is 18.0 Å². The molecule has 2 rings (SSSR count). The topological polar surface area (TPSA) is 38.3 Å². The number of hydrogen-bond donors (Lipinski definition) is 1. The van der Waals surface area contributed by atoms with Gasteiger partial charge >= 0.3 is 6.18 Å². The Balaban J connectivity index is 1.81. The molecule has 1 aromatic heterocycles. The lowest BCUT2D eigenvalue weighted by molar-refractivity contribution is -0.139. The van der Waals surface area contributed by atoms with Gasteiger partial charge in [-0.3, -0.25) is 4.79 Å². The van der Waals surface area contributed by atoms with Crippen LogP contribution in [0.1, 0.15) is 10.4 Å². The van der Waals surface area contributed by atoms with Crippen LogP contribution in [0.4, 0.5) is 13.2 Å². The third kappa shape index (κ3) is 4.77. The number of carbonyl (C=O) groups is 1. The van der Waals surface area contributed by atoms with Gasteiger partial charge in [0.05, 0.1) is 5.56 Å². The summed E-state index contributed by atoms with van der Waals surface area (Å²) in [5.74, 6) is -0.794. The summed E-state index contributed by atoms with van der Waals surface area (Å²) in [4.78, 5) is 12.7.